The molecule has 0 amide bonds. The Morgan fingerprint density at radius 1 is 1.20 bits per heavy atom. The zero-order chi connectivity index (χ0) is 14.7. The maximum absolute atomic E-state index is 14.3. The van der Waals surface area contributed by atoms with Crippen molar-refractivity contribution in [2.24, 2.45) is 5.84 Å². The Morgan fingerprint density at radius 2 is 1.95 bits per heavy atom. The van der Waals surface area contributed by atoms with Crippen LogP contribution in [0.5, 0.6) is 5.75 Å². The van der Waals surface area contributed by atoms with Crippen LogP contribution in [0.2, 0.25) is 5.02 Å². The average molecular weight is 299 g/mol. The molecule has 0 aliphatic heterocycles. The third kappa shape index (κ3) is 2.75. The Labute approximate surface area is 120 Å². The second kappa shape index (κ2) is 6.17. The van der Waals surface area contributed by atoms with Gasteiger partial charge in [-0.05, 0) is 23.8 Å². The highest BCUT2D eigenvalue weighted by atomic mass is 35.5. The van der Waals surface area contributed by atoms with Gasteiger partial charge in [0.05, 0.1) is 13.2 Å². The van der Waals surface area contributed by atoms with E-state index in [2.05, 4.69) is 5.43 Å². The predicted octanol–water partition coefficient (Wildman–Crippen LogP) is 3.18. The first kappa shape index (κ1) is 14.7. The number of benzene rings is 2. The molecule has 0 heterocycles. The van der Waals surface area contributed by atoms with Crippen LogP contribution in [0.3, 0.4) is 0 Å². The number of hydrogen-bond acceptors (Lipinski definition) is 3. The molecule has 2 rings (SSSR count). The molecule has 106 valence electrons. The molecular formula is C14H13ClF2N2O. The zero-order valence-electron chi connectivity index (χ0n) is 10.7. The van der Waals surface area contributed by atoms with Crippen molar-refractivity contribution < 1.29 is 13.5 Å². The minimum Gasteiger partial charge on any atom is -0.494 e. The number of nitrogens with two attached hydrogens (primary N) is 1. The van der Waals surface area contributed by atoms with E-state index in [0.29, 0.717) is 5.56 Å². The minimum absolute atomic E-state index is 0.0981. The van der Waals surface area contributed by atoms with Crippen molar-refractivity contribution in [2.75, 3.05) is 7.11 Å². The number of hydrazine groups is 1. The summed E-state index contributed by atoms with van der Waals surface area (Å²) in [7, 11) is 1.37. The van der Waals surface area contributed by atoms with Gasteiger partial charge in [0, 0.05) is 10.6 Å². The van der Waals surface area contributed by atoms with E-state index in [1.807, 2.05) is 0 Å². The van der Waals surface area contributed by atoms with Gasteiger partial charge in [0.15, 0.2) is 11.6 Å². The fourth-order valence-corrected chi connectivity index (χ4v) is 2.27. The molecule has 0 aliphatic rings. The summed E-state index contributed by atoms with van der Waals surface area (Å²) < 4.78 is 32.3. The van der Waals surface area contributed by atoms with Crippen LogP contribution in [0.15, 0.2) is 36.4 Å². The second-order valence-corrected chi connectivity index (χ2v) is 4.54. The van der Waals surface area contributed by atoms with Crippen LogP contribution in [0.1, 0.15) is 17.2 Å². The monoisotopic (exact) mass is 298 g/mol. The highest BCUT2D eigenvalue weighted by Gasteiger charge is 2.21. The lowest BCUT2D eigenvalue weighted by Gasteiger charge is -2.19. The van der Waals surface area contributed by atoms with Crippen LogP contribution in [-0.4, -0.2) is 7.11 Å². The summed E-state index contributed by atoms with van der Waals surface area (Å²) in [5.41, 5.74) is 3.22. The van der Waals surface area contributed by atoms with Crippen LogP contribution in [0.25, 0.3) is 0 Å². The summed E-state index contributed by atoms with van der Waals surface area (Å²) in [6.07, 6.45) is 0. The van der Waals surface area contributed by atoms with Gasteiger partial charge in [0.1, 0.15) is 5.82 Å². The predicted molar refractivity (Wildman–Crippen MR) is 73.5 cm³/mol. The number of rotatable bonds is 4. The Morgan fingerprint density at radius 3 is 2.55 bits per heavy atom. The summed E-state index contributed by atoms with van der Waals surface area (Å²) in [5, 5.41) is 0.162. The molecule has 1 atom stereocenters. The van der Waals surface area contributed by atoms with Crippen LogP contribution < -0.4 is 16.0 Å². The van der Waals surface area contributed by atoms with Crippen LogP contribution >= 0.6 is 11.6 Å². The number of methoxy groups -OCH3 is 1. The topological polar surface area (TPSA) is 47.3 Å². The molecule has 0 radical (unpaired) electrons. The van der Waals surface area contributed by atoms with E-state index in [-0.39, 0.29) is 16.3 Å². The highest BCUT2D eigenvalue weighted by molar-refractivity contribution is 6.31. The van der Waals surface area contributed by atoms with Crippen molar-refractivity contribution in [3.8, 4) is 5.75 Å². The van der Waals surface area contributed by atoms with E-state index in [1.54, 1.807) is 12.1 Å². The molecule has 0 saturated carbocycles. The van der Waals surface area contributed by atoms with Gasteiger partial charge in [-0.25, -0.2) is 14.2 Å². The maximum atomic E-state index is 14.3. The molecule has 2 aromatic rings. The number of halogens is 3. The second-order valence-electron chi connectivity index (χ2n) is 4.13. The van der Waals surface area contributed by atoms with Gasteiger partial charge in [0.25, 0.3) is 0 Å². The van der Waals surface area contributed by atoms with Gasteiger partial charge < -0.3 is 4.74 Å². The Bertz CT molecular complexity index is 622. The Hall–Kier alpha value is -1.69. The van der Waals surface area contributed by atoms with Crippen molar-refractivity contribution in [3.05, 3.63) is 64.2 Å². The highest BCUT2D eigenvalue weighted by Crippen LogP contribution is 2.32. The first-order valence-corrected chi connectivity index (χ1v) is 6.19. The lowest BCUT2D eigenvalue weighted by Crippen LogP contribution is -2.29. The third-order valence-corrected chi connectivity index (χ3v) is 3.29. The first-order chi connectivity index (χ1) is 9.58. The van der Waals surface area contributed by atoms with Gasteiger partial charge in [0.2, 0.25) is 0 Å². The minimum atomic E-state index is -0.710. The van der Waals surface area contributed by atoms with Crippen LogP contribution in [0.4, 0.5) is 8.78 Å². The molecule has 3 N–H and O–H groups in total. The zero-order valence-corrected chi connectivity index (χ0v) is 11.4. The van der Waals surface area contributed by atoms with Gasteiger partial charge in [-0.1, -0.05) is 29.8 Å². The molecule has 0 spiro atoms. The quantitative estimate of drug-likeness (QED) is 0.673. The van der Waals surface area contributed by atoms with E-state index in [4.69, 9.17) is 22.2 Å². The molecular weight excluding hydrogens is 286 g/mol. The lowest BCUT2D eigenvalue weighted by atomic mass is 9.98. The van der Waals surface area contributed by atoms with E-state index < -0.39 is 17.7 Å². The Balaban J connectivity index is 2.52. The Kier molecular flexibility index (Phi) is 4.54. The van der Waals surface area contributed by atoms with E-state index in [9.17, 15) is 8.78 Å². The van der Waals surface area contributed by atoms with E-state index >= 15 is 0 Å². The van der Waals surface area contributed by atoms with Gasteiger partial charge in [-0.15, -0.1) is 0 Å². The van der Waals surface area contributed by atoms with Crippen molar-refractivity contribution in [1.29, 1.82) is 0 Å². The molecule has 0 fully saturated rings. The average Bonchev–Trinajstić information content (AvgIpc) is 2.43. The van der Waals surface area contributed by atoms with Crippen molar-refractivity contribution in [2.45, 2.75) is 6.04 Å². The summed E-state index contributed by atoms with van der Waals surface area (Å²) in [4.78, 5) is 0. The molecule has 2 aromatic carbocycles. The molecule has 6 heteroatoms. The number of ether oxygens (including phenoxy) is 1. The summed E-state index contributed by atoms with van der Waals surface area (Å²) in [6, 6.07) is 7.84. The van der Waals surface area contributed by atoms with Gasteiger partial charge >= 0.3 is 0 Å². The standard InChI is InChI=1S/C14H13ClF2N2O/c1-20-12-4-2-3-10(13(12)17)14(19-18)9-6-5-8(16)7-11(9)15/h2-7,14,19H,18H2,1H3. The summed E-state index contributed by atoms with van der Waals surface area (Å²) >= 11 is 5.99. The van der Waals surface area contributed by atoms with E-state index in [0.717, 1.165) is 6.07 Å². The summed E-state index contributed by atoms with van der Waals surface area (Å²) in [5.74, 6) is 4.58. The lowest BCUT2D eigenvalue weighted by molar-refractivity contribution is 0.381. The van der Waals surface area contributed by atoms with Crippen LogP contribution in [-0.2, 0) is 0 Å². The molecule has 20 heavy (non-hydrogen) atoms. The van der Waals surface area contributed by atoms with Gasteiger partial charge in [-0.3, -0.25) is 5.84 Å². The fraction of sp³-hybridized carbons (Fsp3) is 0.143. The molecule has 0 aliphatic carbocycles. The number of hydrogen-bond donors (Lipinski definition) is 2. The normalized spacial score (nSPS) is 12.2. The summed E-state index contributed by atoms with van der Waals surface area (Å²) in [6.45, 7) is 0. The maximum Gasteiger partial charge on any atom is 0.170 e. The largest absolute Gasteiger partial charge is 0.494 e. The molecule has 1 unspecified atom stereocenters. The molecule has 3 nitrogen and oxygen atoms in total. The molecule has 0 bridgehead atoms. The molecule has 0 aromatic heterocycles. The third-order valence-electron chi connectivity index (χ3n) is 2.96. The van der Waals surface area contributed by atoms with Crippen molar-refractivity contribution in [1.82, 2.24) is 5.43 Å². The fourth-order valence-electron chi connectivity index (χ4n) is 1.99. The SMILES string of the molecule is COc1cccc(C(NN)c2ccc(F)cc2Cl)c1F. The van der Waals surface area contributed by atoms with Crippen molar-refractivity contribution in [3.63, 3.8) is 0 Å². The van der Waals surface area contributed by atoms with Crippen molar-refractivity contribution >= 4 is 11.6 Å². The van der Waals surface area contributed by atoms with Crippen LogP contribution in [0, 0.1) is 11.6 Å². The van der Waals surface area contributed by atoms with E-state index in [1.165, 1.54) is 25.3 Å². The first-order valence-electron chi connectivity index (χ1n) is 5.82. The van der Waals surface area contributed by atoms with Gasteiger partial charge in [-0.2, -0.15) is 0 Å². The smallest absolute Gasteiger partial charge is 0.170 e. The molecule has 0 saturated heterocycles. The number of nitrogens with one attached hydrogen (secondary N) is 1.